The number of furan rings is 2. The maximum Gasteiger partial charge on any atom is 0.336 e. The van der Waals surface area contributed by atoms with Crippen molar-refractivity contribution in [2.24, 2.45) is 0 Å². The monoisotopic (exact) mass is 536 g/mol. The third kappa shape index (κ3) is 14.9. The first kappa shape index (κ1) is 34.5. The zero-order chi connectivity index (χ0) is 28.8. The van der Waals surface area contributed by atoms with Gasteiger partial charge in [-0.1, -0.05) is 39.8 Å². The summed E-state index contributed by atoms with van der Waals surface area (Å²) in [6.07, 6.45) is 4.85. The summed E-state index contributed by atoms with van der Waals surface area (Å²) in [5.74, 6) is 0.860. The molecule has 212 valence electrons. The van der Waals surface area contributed by atoms with E-state index >= 15 is 0 Å². The fourth-order valence-electron chi connectivity index (χ4n) is 2.49. The van der Waals surface area contributed by atoms with Crippen LogP contribution >= 0.6 is 0 Å². The lowest BCUT2D eigenvalue weighted by Gasteiger charge is -2.09. The number of hydrogen-bond donors (Lipinski definition) is 1. The molecule has 10 heteroatoms. The summed E-state index contributed by atoms with van der Waals surface area (Å²) in [5, 5.41) is 9.88. The summed E-state index contributed by atoms with van der Waals surface area (Å²) in [6.45, 7) is 13.0. The van der Waals surface area contributed by atoms with E-state index in [0.717, 1.165) is 38.4 Å². The number of esters is 2. The molecule has 2 aromatic rings. The van der Waals surface area contributed by atoms with E-state index in [9.17, 15) is 19.5 Å². The Kier molecular flexibility index (Phi) is 19.6. The van der Waals surface area contributed by atoms with Gasteiger partial charge in [0.25, 0.3) is 0 Å². The number of carbonyl (C=O) groups is 3. The number of rotatable bonds is 15. The molecular formula is C28H40O10. The molecule has 0 saturated heterocycles. The van der Waals surface area contributed by atoms with Gasteiger partial charge < -0.3 is 32.9 Å². The SMILES string of the molecule is C=C(C(=O)OC)C(O)c1ccc(COCCCC)o1.C=CC(=O)OC.CCCCOCc1ccc(C=O)o1. The molecule has 1 N–H and O–H groups in total. The Morgan fingerprint density at radius 1 is 0.947 bits per heavy atom. The van der Waals surface area contributed by atoms with Gasteiger partial charge in [-0.05, 0) is 37.1 Å². The van der Waals surface area contributed by atoms with E-state index in [-0.39, 0.29) is 11.3 Å². The van der Waals surface area contributed by atoms with Gasteiger partial charge in [0.05, 0.1) is 19.8 Å². The lowest BCUT2D eigenvalue weighted by Crippen LogP contribution is -2.11. The molecule has 0 amide bonds. The highest BCUT2D eigenvalue weighted by atomic mass is 16.5. The average molecular weight is 537 g/mol. The number of carbonyl (C=O) groups excluding carboxylic acids is 3. The standard InChI is InChI=1S/C14H20O5.C10H14O3.C4H6O2/c1-4-5-8-18-9-11-6-7-12(19-11)13(15)10(2)14(16)17-3;1-2-3-6-12-8-10-5-4-9(7-11)13-10;1-3-4(5)6-2/h6-7,13,15H,2,4-5,8-9H2,1,3H3;4-5,7H,2-3,6,8H2,1H3;3H,1H2,2H3. The summed E-state index contributed by atoms with van der Waals surface area (Å²) in [7, 11) is 2.54. The Bertz CT molecular complexity index is 957. The smallest absolute Gasteiger partial charge is 0.336 e. The van der Waals surface area contributed by atoms with Crippen molar-refractivity contribution < 1.29 is 47.3 Å². The summed E-state index contributed by atoms with van der Waals surface area (Å²) >= 11 is 0. The number of aliphatic hydroxyl groups excluding tert-OH is 1. The molecule has 0 aliphatic rings. The highest BCUT2D eigenvalue weighted by Gasteiger charge is 2.22. The molecule has 0 bridgehead atoms. The number of unbranched alkanes of at least 4 members (excludes halogenated alkanes) is 2. The van der Waals surface area contributed by atoms with Crippen molar-refractivity contribution in [2.45, 2.75) is 58.8 Å². The first-order valence-corrected chi connectivity index (χ1v) is 12.2. The molecule has 0 radical (unpaired) electrons. The molecular weight excluding hydrogens is 496 g/mol. The van der Waals surface area contributed by atoms with Gasteiger partial charge in [0.2, 0.25) is 0 Å². The zero-order valence-electron chi connectivity index (χ0n) is 22.7. The Labute approximate surface area is 224 Å². The van der Waals surface area contributed by atoms with Gasteiger partial charge in [0, 0.05) is 19.3 Å². The van der Waals surface area contributed by atoms with E-state index in [1.54, 1.807) is 24.3 Å². The second-order valence-corrected chi connectivity index (χ2v) is 7.68. The molecule has 1 atom stereocenters. The normalized spacial score (nSPS) is 10.7. The first-order chi connectivity index (χ1) is 18.3. The van der Waals surface area contributed by atoms with Crippen LogP contribution in [0.1, 0.15) is 73.5 Å². The minimum absolute atomic E-state index is 0.0599. The van der Waals surface area contributed by atoms with Gasteiger partial charge in [-0.15, -0.1) is 0 Å². The van der Waals surface area contributed by atoms with Gasteiger partial charge in [-0.2, -0.15) is 0 Å². The molecule has 10 nitrogen and oxygen atoms in total. The van der Waals surface area contributed by atoms with Crippen LogP contribution in [0.25, 0.3) is 0 Å². The van der Waals surface area contributed by atoms with Gasteiger partial charge in [0.1, 0.15) is 36.6 Å². The van der Waals surface area contributed by atoms with Gasteiger partial charge in [-0.25, -0.2) is 9.59 Å². The van der Waals surface area contributed by atoms with E-state index in [1.807, 2.05) is 0 Å². The van der Waals surface area contributed by atoms with Crippen molar-refractivity contribution in [2.75, 3.05) is 27.4 Å². The molecule has 0 saturated carbocycles. The van der Waals surface area contributed by atoms with Gasteiger partial charge in [0.15, 0.2) is 12.0 Å². The molecule has 0 aromatic carbocycles. The average Bonchev–Trinajstić information content (AvgIpc) is 3.62. The van der Waals surface area contributed by atoms with E-state index in [2.05, 4.69) is 36.5 Å². The van der Waals surface area contributed by atoms with Crippen LogP contribution in [-0.4, -0.2) is 50.8 Å². The van der Waals surface area contributed by atoms with Crippen molar-refractivity contribution >= 4 is 18.2 Å². The Morgan fingerprint density at radius 2 is 1.50 bits per heavy atom. The van der Waals surface area contributed by atoms with Crippen molar-refractivity contribution in [3.63, 3.8) is 0 Å². The lowest BCUT2D eigenvalue weighted by molar-refractivity contribution is -0.137. The van der Waals surface area contributed by atoms with E-state index < -0.39 is 18.0 Å². The van der Waals surface area contributed by atoms with Crippen molar-refractivity contribution in [1.82, 2.24) is 0 Å². The minimum Gasteiger partial charge on any atom is -0.466 e. The summed E-state index contributed by atoms with van der Waals surface area (Å²) in [5.41, 5.74) is -0.0599. The maximum atomic E-state index is 11.2. The van der Waals surface area contributed by atoms with Crippen LogP contribution in [0, 0.1) is 0 Å². The second-order valence-electron chi connectivity index (χ2n) is 7.68. The summed E-state index contributed by atoms with van der Waals surface area (Å²) in [4.78, 5) is 31.3. The molecule has 1 unspecified atom stereocenters. The summed E-state index contributed by atoms with van der Waals surface area (Å²) < 4.78 is 29.8. The van der Waals surface area contributed by atoms with E-state index in [4.69, 9.17) is 18.3 Å². The number of aldehydes is 1. The van der Waals surface area contributed by atoms with E-state index in [0.29, 0.717) is 43.4 Å². The molecule has 38 heavy (non-hydrogen) atoms. The first-order valence-electron chi connectivity index (χ1n) is 12.2. The fourth-order valence-corrected chi connectivity index (χ4v) is 2.49. The second kappa shape index (κ2) is 21.6. The van der Waals surface area contributed by atoms with Crippen LogP contribution < -0.4 is 0 Å². The Morgan fingerprint density at radius 3 is 1.92 bits per heavy atom. The fraction of sp³-hybridized carbons (Fsp3) is 0.464. The van der Waals surface area contributed by atoms with Crippen molar-refractivity contribution in [3.8, 4) is 0 Å². The third-order valence-electron chi connectivity index (χ3n) is 4.67. The number of hydrogen-bond acceptors (Lipinski definition) is 10. The van der Waals surface area contributed by atoms with Crippen LogP contribution in [0.4, 0.5) is 0 Å². The third-order valence-corrected chi connectivity index (χ3v) is 4.67. The number of methoxy groups -OCH3 is 2. The van der Waals surface area contributed by atoms with Crippen LogP contribution in [0.2, 0.25) is 0 Å². The molecule has 0 aliphatic carbocycles. The highest BCUT2D eigenvalue weighted by Crippen LogP contribution is 2.23. The molecule has 0 fully saturated rings. The zero-order valence-corrected chi connectivity index (χ0v) is 22.7. The Hall–Kier alpha value is -3.47. The quantitative estimate of drug-likeness (QED) is 0.141. The van der Waals surface area contributed by atoms with Crippen molar-refractivity contribution in [1.29, 1.82) is 0 Å². The minimum atomic E-state index is -1.20. The molecule has 0 aliphatic heterocycles. The summed E-state index contributed by atoms with van der Waals surface area (Å²) in [6, 6.07) is 6.70. The highest BCUT2D eigenvalue weighted by molar-refractivity contribution is 5.88. The topological polar surface area (TPSA) is 135 Å². The largest absolute Gasteiger partial charge is 0.466 e. The molecule has 2 rings (SSSR count). The molecule has 2 aromatic heterocycles. The van der Waals surface area contributed by atoms with E-state index in [1.165, 1.54) is 14.2 Å². The number of aliphatic hydroxyl groups is 1. The van der Waals surface area contributed by atoms with Crippen LogP contribution in [0.15, 0.2) is 57.9 Å². The van der Waals surface area contributed by atoms with Gasteiger partial charge in [-0.3, -0.25) is 4.79 Å². The van der Waals surface area contributed by atoms with Crippen LogP contribution in [-0.2, 0) is 41.8 Å². The van der Waals surface area contributed by atoms with Crippen LogP contribution in [0.5, 0.6) is 0 Å². The van der Waals surface area contributed by atoms with Crippen molar-refractivity contribution in [3.05, 3.63) is 72.1 Å². The van der Waals surface area contributed by atoms with Gasteiger partial charge >= 0.3 is 11.9 Å². The molecule has 0 spiro atoms. The Balaban J connectivity index is 0.000000620. The van der Waals surface area contributed by atoms with Crippen LogP contribution in [0.3, 0.4) is 0 Å². The molecule has 2 heterocycles. The lowest BCUT2D eigenvalue weighted by atomic mass is 10.1. The predicted octanol–water partition coefficient (Wildman–Crippen LogP) is 5.11. The number of ether oxygens (including phenoxy) is 4. The maximum absolute atomic E-state index is 11.2. The predicted molar refractivity (Wildman–Crippen MR) is 140 cm³/mol.